The van der Waals surface area contributed by atoms with E-state index in [1.807, 2.05) is 6.92 Å². The van der Waals surface area contributed by atoms with E-state index in [9.17, 15) is 4.79 Å². The average molecular weight is 203 g/mol. The van der Waals surface area contributed by atoms with Gasteiger partial charge < -0.3 is 11.1 Å². The number of pyridine rings is 1. The first-order valence-corrected chi connectivity index (χ1v) is 4.66. The fraction of sp³-hybridized carbons (Fsp3) is 0.273. The molecule has 78 valence electrons. The van der Waals surface area contributed by atoms with Gasteiger partial charge in [-0.1, -0.05) is 12.8 Å². The maximum Gasteiger partial charge on any atom is 0.252 e. The molecule has 1 aromatic heterocycles. The van der Waals surface area contributed by atoms with E-state index in [1.54, 1.807) is 18.3 Å². The predicted molar refractivity (Wildman–Crippen MR) is 59.3 cm³/mol. The topological polar surface area (TPSA) is 68.0 Å². The molecule has 1 unspecified atom stereocenters. The molecule has 1 amide bonds. The number of terminal acetylenes is 1. The van der Waals surface area contributed by atoms with Gasteiger partial charge in [0.15, 0.2) is 0 Å². The first kappa shape index (κ1) is 11.1. The van der Waals surface area contributed by atoms with Crippen LogP contribution in [0.25, 0.3) is 0 Å². The molecule has 1 atom stereocenters. The van der Waals surface area contributed by atoms with Crippen molar-refractivity contribution in [1.82, 2.24) is 4.98 Å². The number of nitrogens with one attached hydrogen (secondary N) is 1. The van der Waals surface area contributed by atoms with E-state index in [4.69, 9.17) is 12.2 Å². The van der Waals surface area contributed by atoms with Gasteiger partial charge in [0.05, 0.1) is 11.6 Å². The van der Waals surface area contributed by atoms with Crippen LogP contribution in [-0.2, 0) is 0 Å². The van der Waals surface area contributed by atoms with Crippen LogP contribution in [0.3, 0.4) is 0 Å². The summed E-state index contributed by atoms with van der Waals surface area (Å²) in [5.74, 6) is 2.49. The Hall–Kier alpha value is -2.02. The number of hydrogen-bond acceptors (Lipinski definition) is 3. The molecule has 0 fully saturated rings. The fourth-order valence-electron chi connectivity index (χ4n) is 1.15. The minimum absolute atomic E-state index is 0.141. The number of hydrogen-bond donors (Lipinski definition) is 2. The maximum absolute atomic E-state index is 11.1. The Balaban J connectivity index is 2.94. The van der Waals surface area contributed by atoms with Crippen molar-refractivity contribution in [3.63, 3.8) is 0 Å². The van der Waals surface area contributed by atoms with Crippen LogP contribution in [-0.4, -0.2) is 16.9 Å². The average Bonchev–Trinajstić information content (AvgIpc) is 2.26. The Morgan fingerprint density at radius 2 is 2.53 bits per heavy atom. The summed E-state index contributed by atoms with van der Waals surface area (Å²) in [6.07, 6.45) is 7.64. The highest BCUT2D eigenvalue weighted by atomic mass is 16.1. The number of rotatable bonds is 4. The standard InChI is InChI=1S/C11H13N3O/c1-3-8(4-2)14-11-9(10(12)15)6-5-7-13-11/h1,5-8H,4H2,2H3,(H2,12,15)(H,13,14). The molecule has 0 radical (unpaired) electrons. The number of amides is 1. The number of carbonyl (C=O) groups is 1. The van der Waals surface area contributed by atoms with E-state index in [1.165, 1.54) is 0 Å². The molecule has 3 N–H and O–H groups in total. The summed E-state index contributed by atoms with van der Waals surface area (Å²) in [6, 6.07) is 3.13. The zero-order chi connectivity index (χ0) is 11.3. The van der Waals surface area contributed by atoms with Crippen LogP contribution in [0.2, 0.25) is 0 Å². The van der Waals surface area contributed by atoms with Crippen molar-refractivity contribution >= 4 is 11.7 Å². The molecule has 0 aromatic carbocycles. The van der Waals surface area contributed by atoms with Gasteiger partial charge in [0.1, 0.15) is 5.82 Å². The second-order valence-corrected chi connectivity index (χ2v) is 3.04. The van der Waals surface area contributed by atoms with Crippen molar-refractivity contribution in [2.45, 2.75) is 19.4 Å². The summed E-state index contributed by atoms with van der Waals surface area (Å²) in [5.41, 5.74) is 5.56. The molecule has 1 heterocycles. The van der Waals surface area contributed by atoms with E-state index < -0.39 is 5.91 Å². The van der Waals surface area contributed by atoms with Crippen molar-refractivity contribution in [3.8, 4) is 12.3 Å². The van der Waals surface area contributed by atoms with Gasteiger partial charge in [0.2, 0.25) is 0 Å². The van der Waals surface area contributed by atoms with Crippen molar-refractivity contribution < 1.29 is 4.79 Å². The molecule has 0 spiro atoms. The second-order valence-electron chi connectivity index (χ2n) is 3.04. The molecule has 0 saturated carbocycles. The Morgan fingerprint density at radius 1 is 1.80 bits per heavy atom. The van der Waals surface area contributed by atoms with Crippen LogP contribution in [0.5, 0.6) is 0 Å². The van der Waals surface area contributed by atoms with E-state index in [0.29, 0.717) is 11.4 Å². The number of primary amides is 1. The highest BCUT2D eigenvalue weighted by Crippen LogP contribution is 2.12. The normalized spacial score (nSPS) is 11.5. The minimum atomic E-state index is -0.516. The largest absolute Gasteiger partial charge is 0.365 e. The molecule has 0 aliphatic heterocycles. The van der Waals surface area contributed by atoms with Crippen LogP contribution in [0.4, 0.5) is 5.82 Å². The third kappa shape index (κ3) is 2.71. The van der Waals surface area contributed by atoms with Crippen LogP contribution in [0.15, 0.2) is 18.3 Å². The lowest BCUT2D eigenvalue weighted by atomic mass is 10.2. The third-order valence-electron chi connectivity index (χ3n) is 1.99. The Bertz CT molecular complexity index is 395. The SMILES string of the molecule is C#CC(CC)Nc1ncccc1C(N)=O. The lowest BCUT2D eigenvalue weighted by Crippen LogP contribution is -2.21. The Morgan fingerprint density at radius 3 is 3.07 bits per heavy atom. The number of nitrogens with zero attached hydrogens (tertiary/aromatic N) is 1. The Labute approximate surface area is 88.9 Å². The lowest BCUT2D eigenvalue weighted by Gasteiger charge is -2.13. The van der Waals surface area contributed by atoms with Gasteiger partial charge in [0.25, 0.3) is 5.91 Å². The highest BCUT2D eigenvalue weighted by molar-refractivity contribution is 5.97. The summed E-state index contributed by atoms with van der Waals surface area (Å²) in [7, 11) is 0. The van der Waals surface area contributed by atoms with Gasteiger partial charge in [0, 0.05) is 6.20 Å². The molecule has 1 aromatic rings. The van der Waals surface area contributed by atoms with Gasteiger partial charge in [-0.05, 0) is 18.6 Å². The molecule has 1 rings (SSSR count). The smallest absolute Gasteiger partial charge is 0.252 e. The van der Waals surface area contributed by atoms with Gasteiger partial charge >= 0.3 is 0 Å². The van der Waals surface area contributed by atoms with Crippen molar-refractivity contribution in [2.24, 2.45) is 5.73 Å². The minimum Gasteiger partial charge on any atom is -0.365 e. The van der Waals surface area contributed by atoms with E-state index in [2.05, 4.69) is 16.2 Å². The first-order chi connectivity index (χ1) is 7.19. The molecule has 0 bridgehead atoms. The summed E-state index contributed by atoms with van der Waals surface area (Å²) < 4.78 is 0. The quantitative estimate of drug-likeness (QED) is 0.717. The monoisotopic (exact) mass is 203 g/mol. The molecular weight excluding hydrogens is 190 g/mol. The Kier molecular flexibility index (Phi) is 3.69. The third-order valence-corrected chi connectivity index (χ3v) is 1.99. The zero-order valence-electron chi connectivity index (χ0n) is 8.53. The molecule has 0 aliphatic rings. The number of aromatic nitrogens is 1. The summed E-state index contributed by atoms with van der Waals surface area (Å²) in [5, 5.41) is 2.98. The lowest BCUT2D eigenvalue weighted by molar-refractivity contribution is 0.100. The van der Waals surface area contributed by atoms with E-state index >= 15 is 0 Å². The van der Waals surface area contributed by atoms with Crippen molar-refractivity contribution in [1.29, 1.82) is 0 Å². The molecule has 0 saturated heterocycles. The second kappa shape index (κ2) is 5.01. The molecule has 15 heavy (non-hydrogen) atoms. The highest BCUT2D eigenvalue weighted by Gasteiger charge is 2.10. The summed E-state index contributed by atoms with van der Waals surface area (Å²) in [4.78, 5) is 15.1. The first-order valence-electron chi connectivity index (χ1n) is 4.66. The van der Waals surface area contributed by atoms with Crippen molar-refractivity contribution in [3.05, 3.63) is 23.9 Å². The maximum atomic E-state index is 11.1. The van der Waals surface area contributed by atoms with Crippen LogP contribution >= 0.6 is 0 Å². The van der Waals surface area contributed by atoms with Crippen molar-refractivity contribution in [2.75, 3.05) is 5.32 Å². The van der Waals surface area contributed by atoms with Crippen LogP contribution < -0.4 is 11.1 Å². The van der Waals surface area contributed by atoms with Gasteiger partial charge in [-0.15, -0.1) is 6.42 Å². The molecule has 0 aliphatic carbocycles. The number of nitrogens with two attached hydrogens (primary N) is 1. The summed E-state index contributed by atoms with van der Waals surface area (Å²) in [6.45, 7) is 1.95. The van der Waals surface area contributed by atoms with Gasteiger partial charge in [-0.2, -0.15) is 0 Å². The molecule has 4 nitrogen and oxygen atoms in total. The molecule has 4 heteroatoms. The van der Waals surface area contributed by atoms with Gasteiger partial charge in [-0.25, -0.2) is 4.98 Å². The summed E-state index contributed by atoms with van der Waals surface area (Å²) >= 11 is 0. The molecular formula is C11H13N3O. The predicted octanol–water partition coefficient (Wildman–Crippen LogP) is 1.00. The van der Waals surface area contributed by atoms with E-state index in [0.717, 1.165) is 6.42 Å². The van der Waals surface area contributed by atoms with E-state index in [-0.39, 0.29) is 6.04 Å². The van der Waals surface area contributed by atoms with Gasteiger partial charge in [-0.3, -0.25) is 4.79 Å². The number of carbonyl (C=O) groups excluding carboxylic acids is 1. The van der Waals surface area contributed by atoms with Crippen LogP contribution in [0, 0.1) is 12.3 Å². The number of anilines is 1. The van der Waals surface area contributed by atoms with Crippen LogP contribution in [0.1, 0.15) is 23.7 Å². The zero-order valence-corrected chi connectivity index (χ0v) is 8.53. The fourth-order valence-corrected chi connectivity index (χ4v) is 1.15.